The minimum atomic E-state index is 0.834. The zero-order valence-corrected chi connectivity index (χ0v) is 11.5. The highest BCUT2D eigenvalue weighted by Crippen LogP contribution is 2.18. The van der Waals surface area contributed by atoms with E-state index in [0.717, 1.165) is 18.8 Å². The first-order chi connectivity index (χ1) is 9.29. The van der Waals surface area contributed by atoms with Crippen LogP contribution in [0.1, 0.15) is 25.3 Å². The first-order valence-electron chi connectivity index (χ1n) is 6.94. The summed E-state index contributed by atoms with van der Waals surface area (Å²) in [4.78, 5) is 2.41. The van der Waals surface area contributed by atoms with E-state index in [1.807, 2.05) is 12.1 Å². The molecule has 2 aromatic carbocycles. The van der Waals surface area contributed by atoms with E-state index in [1.165, 1.54) is 24.1 Å². The van der Waals surface area contributed by atoms with Crippen molar-refractivity contribution in [3.63, 3.8) is 0 Å². The Morgan fingerprint density at radius 2 is 1.79 bits per heavy atom. The number of nitrogens with zero attached hydrogens (tertiary/aromatic N) is 1. The number of para-hydroxylation sites is 1. The number of hydrogen-bond acceptors (Lipinski definition) is 2. The van der Waals surface area contributed by atoms with Crippen molar-refractivity contribution >= 4 is 11.4 Å². The zero-order chi connectivity index (χ0) is 13.5. The monoisotopic (exact) mass is 254 g/mol. The Labute approximate surface area is 115 Å². The third kappa shape index (κ3) is 4.02. The van der Waals surface area contributed by atoms with Crippen molar-refractivity contribution in [3.05, 3.63) is 60.2 Å². The topological polar surface area (TPSA) is 29.3 Å². The molecule has 2 aromatic rings. The normalized spacial score (nSPS) is 10.4. The molecule has 0 radical (unpaired) electrons. The highest BCUT2D eigenvalue weighted by atomic mass is 15.1. The molecular weight excluding hydrogens is 232 g/mol. The molecule has 0 heterocycles. The van der Waals surface area contributed by atoms with Crippen LogP contribution >= 0.6 is 0 Å². The Balaban J connectivity index is 2.14. The van der Waals surface area contributed by atoms with Gasteiger partial charge in [0.15, 0.2) is 0 Å². The Morgan fingerprint density at radius 1 is 1.00 bits per heavy atom. The lowest BCUT2D eigenvalue weighted by atomic mass is 10.1. The van der Waals surface area contributed by atoms with Crippen molar-refractivity contribution in [3.8, 4) is 0 Å². The average molecular weight is 254 g/mol. The van der Waals surface area contributed by atoms with Crippen LogP contribution in [0.2, 0.25) is 0 Å². The van der Waals surface area contributed by atoms with Crippen molar-refractivity contribution in [2.45, 2.75) is 26.3 Å². The molecule has 0 aliphatic rings. The van der Waals surface area contributed by atoms with Crippen molar-refractivity contribution in [1.82, 2.24) is 0 Å². The molecule has 2 N–H and O–H groups in total. The molecule has 0 amide bonds. The third-order valence-electron chi connectivity index (χ3n) is 3.23. The second-order valence-corrected chi connectivity index (χ2v) is 4.86. The number of nitrogens with two attached hydrogens (primary N) is 1. The molecular formula is C17H22N2. The predicted molar refractivity (Wildman–Crippen MR) is 83.3 cm³/mol. The molecule has 2 heteroatoms. The average Bonchev–Trinajstić information content (AvgIpc) is 2.44. The van der Waals surface area contributed by atoms with Gasteiger partial charge in [0.05, 0.1) is 0 Å². The van der Waals surface area contributed by atoms with Crippen molar-refractivity contribution in [2.24, 2.45) is 0 Å². The van der Waals surface area contributed by atoms with E-state index in [-0.39, 0.29) is 0 Å². The highest BCUT2D eigenvalue weighted by Gasteiger charge is 2.06. The van der Waals surface area contributed by atoms with E-state index in [1.54, 1.807) is 0 Å². The second-order valence-electron chi connectivity index (χ2n) is 4.86. The van der Waals surface area contributed by atoms with E-state index in [4.69, 9.17) is 5.73 Å². The fraction of sp³-hybridized carbons (Fsp3) is 0.294. The number of benzene rings is 2. The fourth-order valence-electron chi connectivity index (χ4n) is 2.20. The van der Waals surface area contributed by atoms with Gasteiger partial charge in [0.25, 0.3) is 0 Å². The van der Waals surface area contributed by atoms with Crippen LogP contribution < -0.4 is 10.6 Å². The Hall–Kier alpha value is -1.96. The zero-order valence-electron chi connectivity index (χ0n) is 11.5. The Bertz CT molecular complexity index is 494. The quantitative estimate of drug-likeness (QED) is 0.787. The number of anilines is 2. The molecule has 0 saturated carbocycles. The van der Waals surface area contributed by atoms with Gasteiger partial charge in [-0.15, -0.1) is 0 Å². The number of unbranched alkanes of at least 4 members (excludes halogenated alkanes) is 1. The molecule has 0 saturated heterocycles. The van der Waals surface area contributed by atoms with E-state index in [9.17, 15) is 0 Å². The number of rotatable bonds is 6. The summed E-state index contributed by atoms with van der Waals surface area (Å²) in [5.41, 5.74) is 9.23. The molecule has 0 aliphatic heterocycles. The summed E-state index contributed by atoms with van der Waals surface area (Å²) in [5.74, 6) is 0. The SMILES string of the molecule is CCCCN(Cc1cccc(N)c1)c1ccccc1. The standard InChI is InChI=1S/C17H22N2/c1-2-3-12-19(17-10-5-4-6-11-17)14-15-8-7-9-16(18)13-15/h4-11,13H,2-3,12,14,18H2,1H3. The van der Waals surface area contributed by atoms with Crippen LogP contribution in [0.5, 0.6) is 0 Å². The van der Waals surface area contributed by atoms with Gasteiger partial charge < -0.3 is 10.6 Å². The maximum absolute atomic E-state index is 5.85. The minimum absolute atomic E-state index is 0.834. The summed E-state index contributed by atoms with van der Waals surface area (Å²) in [6, 6.07) is 18.7. The molecule has 0 aromatic heterocycles. The first-order valence-corrected chi connectivity index (χ1v) is 6.94. The summed E-state index contributed by atoms with van der Waals surface area (Å²) in [6.07, 6.45) is 2.41. The Morgan fingerprint density at radius 3 is 2.47 bits per heavy atom. The molecule has 0 bridgehead atoms. The third-order valence-corrected chi connectivity index (χ3v) is 3.23. The van der Waals surface area contributed by atoms with E-state index in [0.29, 0.717) is 0 Å². The molecule has 0 aliphatic carbocycles. The van der Waals surface area contributed by atoms with Crippen molar-refractivity contribution in [1.29, 1.82) is 0 Å². The number of nitrogen functional groups attached to an aromatic ring is 1. The van der Waals surface area contributed by atoms with Crippen molar-refractivity contribution < 1.29 is 0 Å². The molecule has 2 rings (SSSR count). The van der Waals surface area contributed by atoms with Gasteiger partial charge >= 0.3 is 0 Å². The van der Waals surface area contributed by atoms with Gasteiger partial charge in [-0.05, 0) is 36.2 Å². The van der Waals surface area contributed by atoms with E-state index >= 15 is 0 Å². The second kappa shape index (κ2) is 6.83. The highest BCUT2D eigenvalue weighted by molar-refractivity contribution is 5.48. The van der Waals surface area contributed by atoms with E-state index < -0.39 is 0 Å². The van der Waals surface area contributed by atoms with Gasteiger partial charge in [-0.3, -0.25) is 0 Å². The lowest BCUT2D eigenvalue weighted by molar-refractivity contribution is 0.716. The van der Waals surface area contributed by atoms with Gasteiger partial charge in [-0.2, -0.15) is 0 Å². The van der Waals surface area contributed by atoms with Gasteiger partial charge in [0.1, 0.15) is 0 Å². The van der Waals surface area contributed by atoms with Crippen LogP contribution in [0.25, 0.3) is 0 Å². The van der Waals surface area contributed by atoms with Gasteiger partial charge in [-0.25, -0.2) is 0 Å². The van der Waals surface area contributed by atoms with Gasteiger partial charge in [0.2, 0.25) is 0 Å². The largest absolute Gasteiger partial charge is 0.399 e. The number of hydrogen-bond donors (Lipinski definition) is 1. The van der Waals surface area contributed by atoms with Crippen molar-refractivity contribution in [2.75, 3.05) is 17.2 Å². The minimum Gasteiger partial charge on any atom is -0.399 e. The van der Waals surface area contributed by atoms with Crippen LogP contribution in [0.3, 0.4) is 0 Å². The van der Waals surface area contributed by atoms with Crippen LogP contribution in [-0.2, 0) is 6.54 Å². The summed E-state index contributed by atoms with van der Waals surface area (Å²) >= 11 is 0. The molecule has 0 unspecified atom stereocenters. The molecule has 0 spiro atoms. The molecule has 0 fully saturated rings. The smallest absolute Gasteiger partial charge is 0.0430 e. The van der Waals surface area contributed by atoms with Crippen LogP contribution in [0.4, 0.5) is 11.4 Å². The summed E-state index contributed by atoms with van der Waals surface area (Å²) in [6.45, 7) is 4.22. The van der Waals surface area contributed by atoms with Crippen LogP contribution in [0, 0.1) is 0 Å². The summed E-state index contributed by atoms with van der Waals surface area (Å²) in [5, 5.41) is 0. The maximum atomic E-state index is 5.85. The van der Waals surface area contributed by atoms with Gasteiger partial charge in [0, 0.05) is 24.5 Å². The lowest BCUT2D eigenvalue weighted by Gasteiger charge is -2.25. The fourth-order valence-corrected chi connectivity index (χ4v) is 2.20. The lowest BCUT2D eigenvalue weighted by Crippen LogP contribution is -2.23. The first kappa shape index (κ1) is 13.5. The van der Waals surface area contributed by atoms with Crippen LogP contribution in [0.15, 0.2) is 54.6 Å². The maximum Gasteiger partial charge on any atom is 0.0430 e. The molecule has 19 heavy (non-hydrogen) atoms. The van der Waals surface area contributed by atoms with Gasteiger partial charge in [-0.1, -0.05) is 43.7 Å². The molecule has 2 nitrogen and oxygen atoms in total. The van der Waals surface area contributed by atoms with Crippen LogP contribution in [-0.4, -0.2) is 6.54 Å². The van der Waals surface area contributed by atoms with E-state index in [2.05, 4.69) is 54.3 Å². The molecule has 0 atom stereocenters. The Kier molecular flexibility index (Phi) is 4.85. The summed E-state index contributed by atoms with van der Waals surface area (Å²) < 4.78 is 0. The summed E-state index contributed by atoms with van der Waals surface area (Å²) in [7, 11) is 0. The predicted octanol–water partition coefficient (Wildman–Crippen LogP) is 4.08. The molecule has 100 valence electrons.